The number of carbonyl (C=O) groups excluding carboxylic acids is 1. The molecule has 7 heteroatoms. The molecule has 1 N–H and O–H groups in total. The first-order valence-corrected chi connectivity index (χ1v) is 8.44. The van der Waals surface area contributed by atoms with E-state index in [1.54, 1.807) is 22.4 Å². The minimum Gasteiger partial charge on any atom is -0.444 e. The maximum absolute atomic E-state index is 12.2. The Balaban J connectivity index is 1.95. The molecule has 6 nitrogen and oxygen atoms in total. The fourth-order valence-corrected chi connectivity index (χ4v) is 2.91. The summed E-state index contributed by atoms with van der Waals surface area (Å²) < 4.78 is 5.42. The van der Waals surface area contributed by atoms with Crippen LogP contribution in [0.25, 0.3) is 0 Å². The van der Waals surface area contributed by atoms with Crippen LogP contribution in [0, 0.1) is 0 Å². The maximum atomic E-state index is 12.2. The number of aromatic nitrogens is 1. The fourth-order valence-electron chi connectivity index (χ4n) is 2.14. The van der Waals surface area contributed by atoms with Crippen molar-refractivity contribution < 1.29 is 9.53 Å². The molecule has 0 aromatic carbocycles. The molecule has 1 atom stereocenters. The molecule has 0 bridgehead atoms. The van der Waals surface area contributed by atoms with Crippen LogP contribution < -0.4 is 5.32 Å². The molecule has 1 amide bonds. The smallest absolute Gasteiger partial charge is 0.410 e. The van der Waals surface area contributed by atoms with Crippen molar-refractivity contribution >= 4 is 23.3 Å². The van der Waals surface area contributed by atoms with Crippen LogP contribution in [0.15, 0.2) is 16.6 Å². The molecule has 2 rings (SSSR count). The summed E-state index contributed by atoms with van der Waals surface area (Å²) in [5, 5.41) is 6.41. The maximum Gasteiger partial charge on any atom is 0.410 e. The van der Waals surface area contributed by atoms with Gasteiger partial charge in [-0.05, 0) is 27.2 Å². The molecule has 22 heavy (non-hydrogen) atoms. The van der Waals surface area contributed by atoms with E-state index in [4.69, 9.17) is 4.74 Å². The molecule has 0 fully saturated rings. The molecule has 2 heterocycles. The molecular formula is C15H24N4O2S. The van der Waals surface area contributed by atoms with Gasteiger partial charge in [0.2, 0.25) is 0 Å². The third-order valence-corrected chi connectivity index (χ3v) is 4.05. The standard InChI is InChI=1S/C15H24N4O2S/c1-5-11(13-17-7-9-22-13)18-12-10-19(8-6-16-12)14(20)21-15(2,3)4/h7,9,11H,5-6,8,10H2,1-4H3,(H,16,18). The van der Waals surface area contributed by atoms with Crippen molar-refractivity contribution in [2.24, 2.45) is 4.99 Å². The Morgan fingerprint density at radius 2 is 2.32 bits per heavy atom. The fraction of sp³-hybridized carbons (Fsp3) is 0.667. The monoisotopic (exact) mass is 324 g/mol. The topological polar surface area (TPSA) is 66.8 Å². The quantitative estimate of drug-likeness (QED) is 0.928. The van der Waals surface area contributed by atoms with Gasteiger partial charge in [0.1, 0.15) is 16.4 Å². The highest BCUT2D eigenvalue weighted by Gasteiger charge is 2.26. The van der Waals surface area contributed by atoms with E-state index in [-0.39, 0.29) is 12.1 Å². The molecular weight excluding hydrogens is 300 g/mol. The SMILES string of the molecule is CCC(NC1=NCCN(C(=O)OC(C)(C)C)C1)c1nccs1. The molecule has 1 unspecified atom stereocenters. The Hall–Kier alpha value is -1.63. The zero-order valence-electron chi connectivity index (χ0n) is 13.6. The zero-order chi connectivity index (χ0) is 16.2. The molecule has 0 saturated heterocycles. The normalized spacial score (nSPS) is 16.9. The minimum absolute atomic E-state index is 0.136. The van der Waals surface area contributed by atoms with Crippen molar-refractivity contribution in [3.63, 3.8) is 0 Å². The summed E-state index contributed by atoms with van der Waals surface area (Å²) in [6, 6.07) is 0.136. The van der Waals surface area contributed by atoms with Crippen molar-refractivity contribution in [1.29, 1.82) is 0 Å². The van der Waals surface area contributed by atoms with Crippen LogP contribution in [0.2, 0.25) is 0 Å². The summed E-state index contributed by atoms with van der Waals surface area (Å²) in [5.41, 5.74) is -0.480. The second-order valence-corrected chi connectivity index (χ2v) is 7.13. The lowest BCUT2D eigenvalue weighted by atomic mass is 10.2. The van der Waals surface area contributed by atoms with Gasteiger partial charge in [0.25, 0.3) is 0 Å². The number of hydrogen-bond donors (Lipinski definition) is 1. The van der Waals surface area contributed by atoms with Crippen LogP contribution in [0.1, 0.15) is 45.2 Å². The average molecular weight is 324 g/mol. The molecule has 1 aromatic rings. The van der Waals surface area contributed by atoms with Gasteiger partial charge in [-0.15, -0.1) is 11.3 Å². The van der Waals surface area contributed by atoms with Crippen molar-refractivity contribution in [2.45, 2.75) is 45.8 Å². The second kappa shape index (κ2) is 7.09. The molecule has 0 saturated carbocycles. The summed E-state index contributed by atoms with van der Waals surface area (Å²) in [6.07, 6.45) is 2.43. The highest BCUT2D eigenvalue weighted by Crippen LogP contribution is 2.19. The Bertz CT molecular complexity index is 522. The number of carbonyl (C=O) groups is 1. The van der Waals surface area contributed by atoms with Gasteiger partial charge >= 0.3 is 6.09 Å². The van der Waals surface area contributed by atoms with Gasteiger partial charge in [-0.2, -0.15) is 0 Å². The molecule has 1 aromatic heterocycles. The van der Waals surface area contributed by atoms with E-state index in [9.17, 15) is 4.79 Å². The first-order chi connectivity index (χ1) is 10.4. The Morgan fingerprint density at radius 3 is 2.91 bits per heavy atom. The van der Waals surface area contributed by atoms with E-state index in [0.29, 0.717) is 19.6 Å². The lowest BCUT2D eigenvalue weighted by Crippen LogP contribution is -2.47. The highest BCUT2D eigenvalue weighted by molar-refractivity contribution is 7.09. The van der Waals surface area contributed by atoms with Gasteiger partial charge in [-0.1, -0.05) is 6.92 Å². The van der Waals surface area contributed by atoms with Gasteiger partial charge in [-0.25, -0.2) is 9.78 Å². The number of ether oxygens (including phenoxy) is 1. The Labute approximate surface area is 135 Å². The summed E-state index contributed by atoms with van der Waals surface area (Å²) in [5.74, 6) is 0.819. The first-order valence-electron chi connectivity index (χ1n) is 7.56. The molecule has 1 aliphatic rings. The number of rotatable bonds is 3. The minimum atomic E-state index is -0.480. The number of aliphatic imine (C=N–C) groups is 1. The van der Waals surface area contributed by atoms with Crippen molar-refractivity contribution in [3.05, 3.63) is 16.6 Å². The van der Waals surface area contributed by atoms with Gasteiger partial charge in [0.15, 0.2) is 0 Å². The third kappa shape index (κ3) is 4.69. The summed E-state index contributed by atoms with van der Waals surface area (Å²) in [6.45, 7) is 9.36. The number of thiazole rings is 1. The molecule has 0 radical (unpaired) electrons. The largest absolute Gasteiger partial charge is 0.444 e. The number of nitrogens with one attached hydrogen (secondary N) is 1. The van der Waals surface area contributed by atoms with E-state index in [1.165, 1.54) is 0 Å². The first kappa shape index (κ1) is 16.7. The van der Waals surface area contributed by atoms with Crippen LogP contribution in [0.3, 0.4) is 0 Å². The van der Waals surface area contributed by atoms with E-state index < -0.39 is 5.60 Å². The Kier molecular flexibility index (Phi) is 5.39. The predicted molar refractivity (Wildman–Crippen MR) is 88.4 cm³/mol. The van der Waals surface area contributed by atoms with E-state index >= 15 is 0 Å². The van der Waals surface area contributed by atoms with Gasteiger partial charge in [0, 0.05) is 18.1 Å². The second-order valence-electron chi connectivity index (χ2n) is 6.21. The summed E-state index contributed by atoms with van der Waals surface area (Å²) in [4.78, 5) is 22.7. The van der Waals surface area contributed by atoms with Gasteiger partial charge in [-0.3, -0.25) is 9.89 Å². The number of amidine groups is 1. The lowest BCUT2D eigenvalue weighted by molar-refractivity contribution is 0.0276. The van der Waals surface area contributed by atoms with Crippen LogP contribution >= 0.6 is 11.3 Å². The predicted octanol–water partition coefficient (Wildman–Crippen LogP) is 2.83. The van der Waals surface area contributed by atoms with Gasteiger partial charge in [0.05, 0.1) is 19.1 Å². The number of nitrogens with zero attached hydrogens (tertiary/aromatic N) is 3. The van der Waals surface area contributed by atoms with Crippen molar-refractivity contribution in [3.8, 4) is 0 Å². The lowest BCUT2D eigenvalue weighted by Gasteiger charge is -2.31. The van der Waals surface area contributed by atoms with Crippen LogP contribution in [0.4, 0.5) is 4.79 Å². The summed E-state index contributed by atoms with van der Waals surface area (Å²) in [7, 11) is 0. The number of hydrogen-bond acceptors (Lipinski definition) is 6. The average Bonchev–Trinajstić information content (AvgIpc) is 2.97. The van der Waals surface area contributed by atoms with Crippen molar-refractivity contribution in [1.82, 2.24) is 15.2 Å². The highest BCUT2D eigenvalue weighted by atomic mass is 32.1. The molecule has 0 spiro atoms. The number of amides is 1. The molecule has 1 aliphatic heterocycles. The van der Waals surface area contributed by atoms with E-state index in [0.717, 1.165) is 17.3 Å². The van der Waals surface area contributed by atoms with Crippen LogP contribution in [0.5, 0.6) is 0 Å². The zero-order valence-corrected chi connectivity index (χ0v) is 14.4. The van der Waals surface area contributed by atoms with E-state index in [2.05, 4.69) is 22.2 Å². The van der Waals surface area contributed by atoms with Crippen LogP contribution in [-0.2, 0) is 4.74 Å². The molecule has 0 aliphatic carbocycles. The Morgan fingerprint density at radius 1 is 1.55 bits per heavy atom. The summed E-state index contributed by atoms with van der Waals surface area (Å²) >= 11 is 1.63. The van der Waals surface area contributed by atoms with Crippen molar-refractivity contribution in [2.75, 3.05) is 19.6 Å². The van der Waals surface area contributed by atoms with Crippen LogP contribution in [-0.4, -0.2) is 47.0 Å². The third-order valence-electron chi connectivity index (χ3n) is 3.16. The van der Waals surface area contributed by atoms with Gasteiger partial charge < -0.3 is 10.1 Å². The molecule has 122 valence electrons. The van der Waals surface area contributed by atoms with E-state index in [1.807, 2.05) is 26.2 Å².